The zero-order valence-electron chi connectivity index (χ0n) is 13.6. The highest BCUT2D eigenvalue weighted by molar-refractivity contribution is 5.93. The van der Waals surface area contributed by atoms with Crippen LogP contribution in [-0.4, -0.2) is 52.0 Å². The predicted molar refractivity (Wildman–Crippen MR) is 83.7 cm³/mol. The van der Waals surface area contributed by atoms with Crippen LogP contribution in [0.25, 0.3) is 0 Å². The Balaban J connectivity index is 1.97. The van der Waals surface area contributed by atoms with E-state index in [-0.39, 0.29) is 18.1 Å². The maximum absolute atomic E-state index is 12.3. The minimum Gasteiger partial charge on any atom is -0.497 e. The molecule has 1 amide bonds. The van der Waals surface area contributed by atoms with Gasteiger partial charge < -0.3 is 24.4 Å². The van der Waals surface area contributed by atoms with E-state index in [0.29, 0.717) is 23.7 Å². The van der Waals surface area contributed by atoms with Crippen molar-refractivity contribution in [3.8, 4) is 11.5 Å². The van der Waals surface area contributed by atoms with Gasteiger partial charge in [0, 0.05) is 6.07 Å². The molecule has 0 aliphatic carbocycles. The summed E-state index contributed by atoms with van der Waals surface area (Å²) in [7, 11) is 3.16. The molecule has 1 heterocycles. The number of carbonyl (C=O) groups is 1. The first kappa shape index (κ1) is 16.6. The van der Waals surface area contributed by atoms with Crippen LogP contribution >= 0.6 is 0 Å². The largest absolute Gasteiger partial charge is 0.497 e. The highest BCUT2D eigenvalue weighted by Crippen LogP contribution is 2.28. The Hall–Kier alpha value is -1.79. The Bertz CT molecular complexity index is 511. The summed E-state index contributed by atoms with van der Waals surface area (Å²) in [6.45, 7) is 6.20. The fourth-order valence-electron chi connectivity index (χ4n) is 2.86. The van der Waals surface area contributed by atoms with E-state index in [0.717, 1.165) is 13.1 Å². The fraction of sp³-hybridized carbons (Fsp3) is 0.562. The first-order chi connectivity index (χ1) is 10.5. The lowest BCUT2D eigenvalue weighted by Crippen LogP contribution is -3.16. The van der Waals surface area contributed by atoms with Crippen LogP contribution in [0.4, 0.5) is 5.69 Å². The highest BCUT2D eigenvalue weighted by Gasteiger charge is 2.27. The van der Waals surface area contributed by atoms with Gasteiger partial charge in [-0.25, -0.2) is 0 Å². The van der Waals surface area contributed by atoms with Crippen LogP contribution in [0.2, 0.25) is 0 Å². The second-order valence-electron chi connectivity index (χ2n) is 5.71. The molecule has 0 spiro atoms. The minimum absolute atomic E-state index is 0.0280. The molecule has 0 saturated carbocycles. The third-order valence-corrected chi connectivity index (χ3v) is 3.71. The van der Waals surface area contributed by atoms with Crippen molar-refractivity contribution in [1.29, 1.82) is 0 Å². The summed E-state index contributed by atoms with van der Waals surface area (Å²) in [5, 5.41) is 2.91. The third kappa shape index (κ3) is 4.35. The molecular weight excluding hydrogens is 284 g/mol. The van der Waals surface area contributed by atoms with Crippen molar-refractivity contribution < 1.29 is 23.9 Å². The number of anilines is 1. The molecule has 2 rings (SSSR count). The maximum atomic E-state index is 12.3. The molecular formula is C16H25N2O4+. The lowest BCUT2D eigenvalue weighted by Gasteiger charge is -2.31. The number of amides is 1. The Morgan fingerprint density at radius 2 is 1.95 bits per heavy atom. The SMILES string of the molecule is COc1ccc(NC(=O)C[NH+]2C[C@@H](C)O[C@@H](C)C2)c(OC)c1. The van der Waals surface area contributed by atoms with Gasteiger partial charge in [0.05, 0.1) is 19.9 Å². The van der Waals surface area contributed by atoms with Crippen LogP contribution in [0.3, 0.4) is 0 Å². The highest BCUT2D eigenvalue weighted by atomic mass is 16.5. The number of benzene rings is 1. The first-order valence-electron chi connectivity index (χ1n) is 7.52. The van der Waals surface area contributed by atoms with E-state index in [1.807, 2.05) is 13.8 Å². The summed E-state index contributed by atoms with van der Waals surface area (Å²) >= 11 is 0. The number of ether oxygens (including phenoxy) is 3. The number of methoxy groups -OCH3 is 2. The van der Waals surface area contributed by atoms with Gasteiger partial charge in [0.15, 0.2) is 6.54 Å². The normalized spacial score (nSPS) is 24.6. The average Bonchev–Trinajstić information content (AvgIpc) is 2.46. The van der Waals surface area contributed by atoms with Crippen LogP contribution in [-0.2, 0) is 9.53 Å². The lowest BCUT2D eigenvalue weighted by molar-refractivity contribution is -0.907. The van der Waals surface area contributed by atoms with Crippen molar-refractivity contribution in [2.24, 2.45) is 0 Å². The summed E-state index contributed by atoms with van der Waals surface area (Å²) < 4.78 is 16.1. The number of nitrogens with one attached hydrogen (secondary N) is 2. The van der Waals surface area contributed by atoms with Gasteiger partial charge in [-0.15, -0.1) is 0 Å². The predicted octanol–water partition coefficient (Wildman–Crippen LogP) is 0.334. The molecule has 122 valence electrons. The van der Waals surface area contributed by atoms with Crippen molar-refractivity contribution in [1.82, 2.24) is 0 Å². The number of hydrogen-bond acceptors (Lipinski definition) is 4. The van der Waals surface area contributed by atoms with Gasteiger partial charge in [-0.3, -0.25) is 4.79 Å². The lowest BCUT2D eigenvalue weighted by atomic mass is 10.2. The molecule has 1 aromatic rings. The monoisotopic (exact) mass is 309 g/mol. The Morgan fingerprint density at radius 1 is 1.27 bits per heavy atom. The van der Waals surface area contributed by atoms with E-state index >= 15 is 0 Å². The zero-order valence-corrected chi connectivity index (χ0v) is 13.6. The zero-order chi connectivity index (χ0) is 16.1. The van der Waals surface area contributed by atoms with Crippen LogP contribution < -0.4 is 19.7 Å². The number of carbonyl (C=O) groups excluding carboxylic acids is 1. The molecule has 3 atom stereocenters. The van der Waals surface area contributed by atoms with Gasteiger partial charge in [0.1, 0.15) is 36.8 Å². The van der Waals surface area contributed by atoms with Gasteiger partial charge >= 0.3 is 0 Å². The maximum Gasteiger partial charge on any atom is 0.279 e. The molecule has 6 heteroatoms. The molecule has 1 aromatic carbocycles. The molecule has 22 heavy (non-hydrogen) atoms. The van der Waals surface area contributed by atoms with Gasteiger partial charge in [0.2, 0.25) is 0 Å². The number of hydrogen-bond donors (Lipinski definition) is 2. The number of rotatable bonds is 5. The summed E-state index contributed by atoms with van der Waals surface area (Å²) in [5.74, 6) is 1.25. The van der Waals surface area contributed by atoms with E-state index in [1.54, 1.807) is 32.4 Å². The summed E-state index contributed by atoms with van der Waals surface area (Å²) in [4.78, 5) is 13.5. The molecule has 1 fully saturated rings. The second-order valence-corrected chi connectivity index (χ2v) is 5.71. The fourth-order valence-corrected chi connectivity index (χ4v) is 2.86. The van der Waals surface area contributed by atoms with Crippen LogP contribution in [0, 0.1) is 0 Å². The first-order valence-corrected chi connectivity index (χ1v) is 7.52. The minimum atomic E-state index is -0.0280. The van der Waals surface area contributed by atoms with E-state index in [4.69, 9.17) is 14.2 Å². The van der Waals surface area contributed by atoms with E-state index in [1.165, 1.54) is 4.90 Å². The quantitative estimate of drug-likeness (QED) is 0.823. The summed E-state index contributed by atoms with van der Waals surface area (Å²) in [6.07, 6.45) is 0.365. The van der Waals surface area contributed by atoms with Crippen molar-refractivity contribution in [2.45, 2.75) is 26.1 Å². The Labute approximate surface area is 131 Å². The second kappa shape index (κ2) is 7.47. The van der Waals surface area contributed by atoms with Crippen molar-refractivity contribution in [3.63, 3.8) is 0 Å². The van der Waals surface area contributed by atoms with Crippen LogP contribution in [0.15, 0.2) is 18.2 Å². The molecule has 2 N–H and O–H groups in total. The van der Waals surface area contributed by atoms with E-state index < -0.39 is 0 Å². The molecule has 0 radical (unpaired) electrons. The van der Waals surface area contributed by atoms with Crippen LogP contribution in [0.1, 0.15) is 13.8 Å². The molecule has 0 bridgehead atoms. The van der Waals surface area contributed by atoms with Gasteiger partial charge in [-0.1, -0.05) is 0 Å². The smallest absolute Gasteiger partial charge is 0.279 e. The van der Waals surface area contributed by atoms with E-state index in [2.05, 4.69) is 5.32 Å². The molecule has 1 aliphatic heterocycles. The average molecular weight is 309 g/mol. The topological polar surface area (TPSA) is 61.2 Å². The number of quaternary nitrogens is 1. The third-order valence-electron chi connectivity index (χ3n) is 3.71. The number of morpholine rings is 1. The molecule has 1 saturated heterocycles. The molecule has 1 aliphatic rings. The van der Waals surface area contributed by atoms with Gasteiger partial charge in [-0.05, 0) is 26.0 Å². The van der Waals surface area contributed by atoms with Crippen molar-refractivity contribution >= 4 is 11.6 Å². The Kier molecular flexibility index (Phi) is 5.63. The van der Waals surface area contributed by atoms with Gasteiger partial charge in [-0.2, -0.15) is 0 Å². The standard InChI is InChI=1S/C16H24N2O4/c1-11-8-18(9-12(2)22-11)10-16(19)17-14-6-5-13(20-3)7-15(14)21-4/h5-7,11-12H,8-10H2,1-4H3,(H,17,19)/p+1/t11-,12+. The van der Waals surface area contributed by atoms with E-state index in [9.17, 15) is 4.79 Å². The molecule has 0 aromatic heterocycles. The van der Waals surface area contributed by atoms with Crippen molar-refractivity contribution in [3.05, 3.63) is 18.2 Å². The summed E-state index contributed by atoms with van der Waals surface area (Å²) in [5.41, 5.74) is 0.655. The molecule has 6 nitrogen and oxygen atoms in total. The van der Waals surface area contributed by atoms with Crippen molar-refractivity contribution in [2.75, 3.05) is 39.2 Å². The summed E-state index contributed by atoms with van der Waals surface area (Å²) in [6, 6.07) is 5.33. The Morgan fingerprint density at radius 3 is 2.55 bits per heavy atom. The molecule has 1 unspecified atom stereocenters. The van der Waals surface area contributed by atoms with Crippen LogP contribution in [0.5, 0.6) is 11.5 Å². The van der Waals surface area contributed by atoms with Gasteiger partial charge in [0.25, 0.3) is 5.91 Å².